The maximum Gasteiger partial charge on any atom is 0.391 e. The molecule has 2 nitrogen and oxygen atoms in total. The second kappa shape index (κ2) is 3.13. The fraction of sp³-hybridized carbons (Fsp3) is 1.00. The van der Waals surface area contributed by atoms with Crippen LogP contribution in [-0.2, 0) is 4.74 Å². The van der Waals surface area contributed by atoms with Crippen molar-refractivity contribution >= 4 is 0 Å². The second-order valence-corrected chi connectivity index (χ2v) is 3.81. The maximum absolute atomic E-state index is 12.1. The normalized spacial score (nSPS) is 35.3. The molecule has 1 saturated heterocycles. The fourth-order valence-electron chi connectivity index (χ4n) is 1.69. The van der Waals surface area contributed by atoms with Crippen molar-refractivity contribution in [3.8, 4) is 0 Å². The summed E-state index contributed by atoms with van der Waals surface area (Å²) in [5.74, 6) is -1.08. The molecule has 1 heterocycles. The Bertz CT molecular complexity index is 184. The first-order valence-electron chi connectivity index (χ1n) is 4.46. The van der Waals surface area contributed by atoms with Crippen LogP contribution in [0.15, 0.2) is 0 Å². The monoisotopic (exact) mass is 195 g/mol. The summed E-state index contributed by atoms with van der Waals surface area (Å²) in [7, 11) is 0. The van der Waals surface area contributed by atoms with E-state index in [2.05, 4.69) is 5.32 Å². The van der Waals surface area contributed by atoms with Crippen LogP contribution in [0.4, 0.5) is 13.2 Å². The van der Waals surface area contributed by atoms with Gasteiger partial charge in [-0.2, -0.15) is 13.2 Å². The molecule has 2 aliphatic rings. The number of alkyl halides is 3. The van der Waals surface area contributed by atoms with Crippen molar-refractivity contribution in [3.63, 3.8) is 0 Å². The van der Waals surface area contributed by atoms with Crippen LogP contribution in [0.5, 0.6) is 0 Å². The van der Waals surface area contributed by atoms with Crippen molar-refractivity contribution in [1.29, 1.82) is 0 Å². The van der Waals surface area contributed by atoms with E-state index < -0.39 is 12.1 Å². The molecule has 1 aliphatic heterocycles. The highest BCUT2D eigenvalue weighted by atomic mass is 19.4. The lowest BCUT2D eigenvalue weighted by molar-refractivity contribution is -0.200. The van der Waals surface area contributed by atoms with E-state index in [4.69, 9.17) is 4.74 Å². The van der Waals surface area contributed by atoms with Crippen LogP contribution in [-0.4, -0.2) is 31.5 Å². The lowest BCUT2D eigenvalue weighted by Gasteiger charge is -2.41. The molecule has 0 aromatic rings. The van der Waals surface area contributed by atoms with Gasteiger partial charge in [-0.3, -0.25) is 0 Å². The van der Waals surface area contributed by atoms with E-state index in [9.17, 15) is 13.2 Å². The van der Waals surface area contributed by atoms with Gasteiger partial charge >= 0.3 is 6.18 Å². The Kier molecular flexibility index (Phi) is 2.23. The summed E-state index contributed by atoms with van der Waals surface area (Å²) in [6.45, 7) is 1.29. The van der Waals surface area contributed by atoms with Crippen molar-refractivity contribution < 1.29 is 17.9 Å². The lowest BCUT2D eigenvalue weighted by Crippen LogP contribution is -2.56. The minimum absolute atomic E-state index is 0.0560. The zero-order valence-electron chi connectivity index (χ0n) is 7.10. The summed E-state index contributed by atoms with van der Waals surface area (Å²) < 4.78 is 41.1. The molecular weight excluding hydrogens is 183 g/mol. The van der Waals surface area contributed by atoms with Crippen molar-refractivity contribution in [2.24, 2.45) is 5.92 Å². The molecule has 76 valence electrons. The summed E-state index contributed by atoms with van der Waals surface area (Å²) in [6.07, 6.45) is -3.52. The molecule has 0 radical (unpaired) electrons. The van der Waals surface area contributed by atoms with Crippen LogP contribution in [0.1, 0.15) is 12.8 Å². The number of hydrogen-bond donors (Lipinski definition) is 1. The summed E-state index contributed by atoms with van der Waals surface area (Å²) >= 11 is 0. The Hall–Kier alpha value is -0.290. The number of ether oxygens (including phenoxy) is 1. The fourth-order valence-corrected chi connectivity index (χ4v) is 1.69. The predicted molar refractivity (Wildman–Crippen MR) is 40.3 cm³/mol. The van der Waals surface area contributed by atoms with E-state index in [-0.39, 0.29) is 18.9 Å². The van der Waals surface area contributed by atoms with Crippen LogP contribution in [0, 0.1) is 5.92 Å². The molecule has 5 heteroatoms. The van der Waals surface area contributed by atoms with Gasteiger partial charge in [0, 0.05) is 6.04 Å². The molecule has 0 bridgehead atoms. The quantitative estimate of drug-likeness (QED) is 0.717. The van der Waals surface area contributed by atoms with Gasteiger partial charge in [-0.15, -0.1) is 0 Å². The first-order chi connectivity index (χ1) is 6.05. The number of hydrogen-bond acceptors (Lipinski definition) is 2. The van der Waals surface area contributed by atoms with E-state index in [1.54, 1.807) is 0 Å². The van der Waals surface area contributed by atoms with E-state index in [0.717, 1.165) is 0 Å². The summed E-state index contributed by atoms with van der Waals surface area (Å²) in [5.41, 5.74) is 0. The first-order valence-corrected chi connectivity index (χ1v) is 4.46. The molecule has 13 heavy (non-hydrogen) atoms. The standard InChI is InChI=1S/C8H12F3NO/c9-8(10,11)5-1-6(2-5)12-7-3-13-4-7/h5-7,12H,1-4H2. The van der Waals surface area contributed by atoms with Crippen LogP contribution < -0.4 is 5.32 Å². The number of nitrogens with one attached hydrogen (secondary N) is 1. The highest BCUT2D eigenvalue weighted by Gasteiger charge is 2.48. The van der Waals surface area contributed by atoms with Gasteiger partial charge in [-0.1, -0.05) is 0 Å². The van der Waals surface area contributed by atoms with Gasteiger partial charge in [0.1, 0.15) is 0 Å². The Labute approximate surface area is 74.4 Å². The molecule has 0 amide bonds. The zero-order chi connectivity index (χ0) is 9.47. The van der Waals surface area contributed by atoms with Gasteiger partial charge in [0.25, 0.3) is 0 Å². The van der Waals surface area contributed by atoms with Gasteiger partial charge < -0.3 is 10.1 Å². The molecular formula is C8H12F3NO. The summed E-state index contributed by atoms with van der Waals surface area (Å²) in [5, 5.41) is 3.13. The Balaban J connectivity index is 1.66. The third kappa shape index (κ3) is 1.96. The van der Waals surface area contributed by atoms with Gasteiger partial charge in [0.15, 0.2) is 0 Å². The minimum Gasteiger partial charge on any atom is -0.378 e. The molecule has 1 N–H and O–H groups in total. The SMILES string of the molecule is FC(F)(F)C1CC(NC2COC2)C1. The van der Waals surface area contributed by atoms with Gasteiger partial charge in [0.05, 0.1) is 25.2 Å². The van der Waals surface area contributed by atoms with Crippen molar-refractivity contribution in [2.45, 2.75) is 31.1 Å². The molecule has 0 aromatic heterocycles. The van der Waals surface area contributed by atoms with Gasteiger partial charge in [0.2, 0.25) is 0 Å². The predicted octanol–water partition coefficient (Wildman–Crippen LogP) is 1.32. The number of rotatable bonds is 2. The van der Waals surface area contributed by atoms with Crippen molar-refractivity contribution in [1.82, 2.24) is 5.32 Å². The van der Waals surface area contributed by atoms with Crippen molar-refractivity contribution in [2.75, 3.05) is 13.2 Å². The number of halogens is 3. The highest BCUT2D eigenvalue weighted by molar-refractivity contribution is 4.91. The maximum atomic E-state index is 12.1. The van der Waals surface area contributed by atoms with E-state index in [1.165, 1.54) is 0 Å². The molecule has 2 fully saturated rings. The largest absolute Gasteiger partial charge is 0.391 e. The van der Waals surface area contributed by atoms with Crippen molar-refractivity contribution in [3.05, 3.63) is 0 Å². The van der Waals surface area contributed by atoms with Crippen LogP contribution in [0.25, 0.3) is 0 Å². The Morgan fingerprint density at radius 3 is 2.08 bits per heavy atom. The molecule has 1 aliphatic carbocycles. The third-order valence-electron chi connectivity index (χ3n) is 2.71. The topological polar surface area (TPSA) is 21.3 Å². The smallest absolute Gasteiger partial charge is 0.378 e. The van der Waals surface area contributed by atoms with Crippen LogP contribution in [0.2, 0.25) is 0 Å². The van der Waals surface area contributed by atoms with Gasteiger partial charge in [-0.05, 0) is 12.8 Å². The summed E-state index contributed by atoms with van der Waals surface area (Å²) in [6, 6.07) is 0.347. The third-order valence-corrected chi connectivity index (χ3v) is 2.71. The molecule has 0 unspecified atom stereocenters. The van der Waals surface area contributed by atoms with E-state index in [0.29, 0.717) is 19.3 Å². The Morgan fingerprint density at radius 2 is 1.69 bits per heavy atom. The van der Waals surface area contributed by atoms with Crippen LogP contribution in [0.3, 0.4) is 0 Å². The van der Waals surface area contributed by atoms with Crippen LogP contribution >= 0.6 is 0 Å². The molecule has 1 saturated carbocycles. The molecule has 0 spiro atoms. The summed E-state index contributed by atoms with van der Waals surface area (Å²) in [4.78, 5) is 0. The second-order valence-electron chi connectivity index (χ2n) is 3.81. The Morgan fingerprint density at radius 1 is 1.08 bits per heavy atom. The zero-order valence-corrected chi connectivity index (χ0v) is 7.10. The van der Waals surface area contributed by atoms with E-state index in [1.807, 2.05) is 0 Å². The highest BCUT2D eigenvalue weighted by Crippen LogP contribution is 2.41. The average molecular weight is 195 g/mol. The minimum atomic E-state index is -3.99. The lowest BCUT2D eigenvalue weighted by atomic mass is 9.79. The molecule has 2 rings (SSSR count). The first kappa shape index (κ1) is 9.27. The molecule has 0 aromatic carbocycles. The van der Waals surface area contributed by atoms with Gasteiger partial charge in [-0.25, -0.2) is 0 Å². The molecule has 0 atom stereocenters. The average Bonchev–Trinajstić information content (AvgIpc) is 1.76. The van der Waals surface area contributed by atoms with E-state index >= 15 is 0 Å².